The summed E-state index contributed by atoms with van der Waals surface area (Å²) in [4.78, 5) is 11.8. The van der Waals surface area contributed by atoms with Crippen LogP contribution in [0.1, 0.15) is 23.7 Å². The number of hydrogen-bond donors (Lipinski definition) is 2. The van der Waals surface area contributed by atoms with Crippen molar-refractivity contribution in [3.63, 3.8) is 0 Å². The van der Waals surface area contributed by atoms with Gasteiger partial charge in [-0.1, -0.05) is 22.9 Å². The van der Waals surface area contributed by atoms with Crippen LogP contribution in [0.15, 0.2) is 46.9 Å². The number of esters is 1. The van der Waals surface area contributed by atoms with Crippen LogP contribution in [0.2, 0.25) is 0 Å². The topological polar surface area (TPSA) is 64.3 Å². The van der Waals surface area contributed by atoms with E-state index in [9.17, 15) is 4.79 Å². The molecule has 3 N–H and O–H groups in total. The lowest BCUT2D eigenvalue weighted by molar-refractivity contribution is 0.0505. The van der Waals surface area contributed by atoms with Gasteiger partial charge in [0.1, 0.15) is 0 Å². The van der Waals surface area contributed by atoms with Crippen LogP contribution in [0, 0.1) is 0 Å². The van der Waals surface area contributed by atoms with Crippen molar-refractivity contribution >= 4 is 39.0 Å². The monoisotopic (exact) mass is 348 g/mol. The van der Waals surface area contributed by atoms with E-state index in [4.69, 9.17) is 10.5 Å². The minimum Gasteiger partial charge on any atom is -0.462 e. The highest BCUT2D eigenvalue weighted by Crippen LogP contribution is 2.25. The lowest BCUT2D eigenvalue weighted by Crippen LogP contribution is -2.07. The molecule has 0 fully saturated rings. The Hall–Kier alpha value is -2.01. The molecule has 0 bridgehead atoms. The van der Waals surface area contributed by atoms with Crippen LogP contribution < -0.4 is 11.1 Å². The van der Waals surface area contributed by atoms with Gasteiger partial charge in [-0.05, 0) is 48.9 Å². The molecule has 0 heterocycles. The van der Waals surface area contributed by atoms with Crippen molar-refractivity contribution in [1.29, 1.82) is 0 Å². The highest BCUT2D eigenvalue weighted by Gasteiger charge is 2.09. The molecule has 0 spiro atoms. The number of anilines is 3. The SMILES string of the molecule is CCCOC(=O)c1ccc(Nc2ccc(Br)cc2)c(N)c1. The number of carbonyl (C=O) groups excluding carboxylic acids is 1. The van der Waals surface area contributed by atoms with Crippen molar-refractivity contribution in [2.45, 2.75) is 13.3 Å². The molecule has 21 heavy (non-hydrogen) atoms. The Bertz CT molecular complexity index is 627. The van der Waals surface area contributed by atoms with Crippen LogP contribution in [0.4, 0.5) is 17.1 Å². The summed E-state index contributed by atoms with van der Waals surface area (Å²) in [6, 6.07) is 12.9. The fourth-order valence-electron chi connectivity index (χ4n) is 1.77. The number of carbonyl (C=O) groups is 1. The van der Waals surface area contributed by atoms with Crippen molar-refractivity contribution in [2.75, 3.05) is 17.7 Å². The molecule has 0 aliphatic rings. The van der Waals surface area contributed by atoms with Crippen molar-refractivity contribution in [1.82, 2.24) is 0 Å². The van der Waals surface area contributed by atoms with Crippen molar-refractivity contribution < 1.29 is 9.53 Å². The average Bonchev–Trinajstić information content (AvgIpc) is 2.49. The molecule has 110 valence electrons. The van der Waals surface area contributed by atoms with Gasteiger partial charge in [-0.3, -0.25) is 0 Å². The number of nitrogen functional groups attached to an aromatic ring is 1. The van der Waals surface area contributed by atoms with Crippen LogP contribution >= 0.6 is 15.9 Å². The standard InChI is InChI=1S/C16H17BrN2O2/c1-2-9-21-16(20)11-3-8-15(14(18)10-11)19-13-6-4-12(17)5-7-13/h3-8,10,19H,2,9,18H2,1H3. The Kier molecular flexibility index (Phi) is 5.22. The summed E-state index contributed by atoms with van der Waals surface area (Å²) in [5, 5.41) is 3.21. The molecular formula is C16H17BrN2O2. The Labute approximate surface area is 132 Å². The second-order valence-corrected chi connectivity index (χ2v) is 5.49. The number of halogens is 1. The fraction of sp³-hybridized carbons (Fsp3) is 0.188. The van der Waals surface area contributed by atoms with E-state index in [2.05, 4.69) is 21.2 Å². The third-order valence-corrected chi connectivity index (χ3v) is 3.38. The van der Waals surface area contributed by atoms with E-state index in [1.165, 1.54) is 0 Å². The number of nitrogens with one attached hydrogen (secondary N) is 1. The van der Waals surface area contributed by atoms with Crippen LogP contribution in [-0.4, -0.2) is 12.6 Å². The summed E-state index contributed by atoms with van der Waals surface area (Å²) >= 11 is 3.39. The first-order chi connectivity index (χ1) is 10.1. The largest absolute Gasteiger partial charge is 0.462 e. The molecule has 4 nitrogen and oxygen atoms in total. The summed E-state index contributed by atoms with van der Waals surface area (Å²) in [6.45, 7) is 2.37. The summed E-state index contributed by atoms with van der Waals surface area (Å²) < 4.78 is 6.09. The molecule has 2 rings (SSSR count). The Balaban J connectivity index is 2.12. The van der Waals surface area contributed by atoms with E-state index in [-0.39, 0.29) is 5.97 Å². The third-order valence-electron chi connectivity index (χ3n) is 2.85. The fourth-order valence-corrected chi connectivity index (χ4v) is 2.03. The lowest BCUT2D eigenvalue weighted by atomic mass is 10.1. The van der Waals surface area contributed by atoms with Gasteiger partial charge in [-0.25, -0.2) is 4.79 Å². The van der Waals surface area contributed by atoms with E-state index in [0.29, 0.717) is 17.9 Å². The van der Waals surface area contributed by atoms with Crippen LogP contribution in [0.25, 0.3) is 0 Å². The maximum Gasteiger partial charge on any atom is 0.338 e. The minimum atomic E-state index is -0.348. The summed E-state index contributed by atoms with van der Waals surface area (Å²) in [5.74, 6) is -0.348. The average molecular weight is 349 g/mol. The second kappa shape index (κ2) is 7.13. The minimum absolute atomic E-state index is 0.348. The maximum atomic E-state index is 11.8. The Morgan fingerprint density at radius 1 is 1.24 bits per heavy atom. The highest BCUT2D eigenvalue weighted by atomic mass is 79.9. The van der Waals surface area contributed by atoms with Crippen LogP contribution in [0.3, 0.4) is 0 Å². The molecule has 0 radical (unpaired) electrons. The van der Waals surface area contributed by atoms with E-state index >= 15 is 0 Å². The predicted octanol–water partition coefficient (Wildman–Crippen LogP) is 4.34. The third kappa shape index (κ3) is 4.23. The van der Waals surface area contributed by atoms with E-state index in [1.54, 1.807) is 18.2 Å². The zero-order valence-electron chi connectivity index (χ0n) is 11.7. The van der Waals surface area contributed by atoms with E-state index in [1.807, 2.05) is 31.2 Å². The van der Waals surface area contributed by atoms with E-state index in [0.717, 1.165) is 22.3 Å². The molecule has 0 aliphatic heterocycles. The molecule has 2 aromatic carbocycles. The zero-order chi connectivity index (χ0) is 15.2. The zero-order valence-corrected chi connectivity index (χ0v) is 13.3. The van der Waals surface area contributed by atoms with Gasteiger partial charge in [-0.2, -0.15) is 0 Å². The Morgan fingerprint density at radius 3 is 2.57 bits per heavy atom. The van der Waals surface area contributed by atoms with Gasteiger partial charge in [0.2, 0.25) is 0 Å². The normalized spacial score (nSPS) is 10.2. The van der Waals surface area contributed by atoms with Gasteiger partial charge < -0.3 is 15.8 Å². The first-order valence-corrected chi connectivity index (χ1v) is 7.48. The first-order valence-electron chi connectivity index (χ1n) is 6.69. The maximum absolute atomic E-state index is 11.8. The predicted molar refractivity (Wildman–Crippen MR) is 88.9 cm³/mol. The molecule has 0 aromatic heterocycles. The van der Waals surface area contributed by atoms with Gasteiger partial charge in [0.15, 0.2) is 0 Å². The molecule has 0 unspecified atom stereocenters. The van der Waals surface area contributed by atoms with E-state index < -0.39 is 0 Å². The highest BCUT2D eigenvalue weighted by molar-refractivity contribution is 9.10. The molecule has 0 amide bonds. The van der Waals surface area contributed by atoms with Crippen molar-refractivity contribution in [3.05, 3.63) is 52.5 Å². The molecule has 0 saturated carbocycles. The summed E-state index contributed by atoms with van der Waals surface area (Å²) in [5.41, 5.74) is 8.63. The smallest absolute Gasteiger partial charge is 0.338 e. The number of benzene rings is 2. The Morgan fingerprint density at radius 2 is 1.95 bits per heavy atom. The van der Waals surface area contributed by atoms with Crippen LogP contribution in [0.5, 0.6) is 0 Å². The molecule has 5 heteroatoms. The quantitative estimate of drug-likeness (QED) is 0.623. The van der Waals surface area contributed by atoms with Crippen molar-refractivity contribution in [3.8, 4) is 0 Å². The molecule has 0 atom stereocenters. The molecule has 0 saturated heterocycles. The number of rotatable bonds is 5. The van der Waals surface area contributed by atoms with Gasteiger partial charge in [0.05, 0.1) is 23.5 Å². The van der Waals surface area contributed by atoms with Crippen molar-refractivity contribution in [2.24, 2.45) is 0 Å². The van der Waals surface area contributed by atoms with Gasteiger partial charge in [-0.15, -0.1) is 0 Å². The van der Waals surface area contributed by atoms with Crippen LogP contribution in [-0.2, 0) is 4.74 Å². The molecular weight excluding hydrogens is 332 g/mol. The summed E-state index contributed by atoms with van der Waals surface area (Å²) in [7, 11) is 0. The molecule has 2 aromatic rings. The van der Waals surface area contributed by atoms with Gasteiger partial charge in [0.25, 0.3) is 0 Å². The van der Waals surface area contributed by atoms with Gasteiger partial charge >= 0.3 is 5.97 Å². The lowest BCUT2D eigenvalue weighted by Gasteiger charge is -2.11. The number of ether oxygens (including phenoxy) is 1. The summed E-state index contributed by atoms with van der Waals surface area (Å²) in [6.07, 6.45) is 0.796. The van der Waals surface area contributed by atoms with Gasteiger partial charge in [0, 0.05) is 10.2 Å². The first kappa shape index (κ1) is 15.4. The second-order valence-electron chi connectivity index (χ2n) is 4.57. The number of hydrogen-bond acceptors (Lipinski definition) is 4. The molecule has 0 aliphatic carbocycles. The number of nitrogens with two attached hydrogens (primary N) is 1.